The molecule has 0 saturated heterocycles. The first-order chi connectivity index (χ1) is 9.72. The standard InChI is InChI=1S/C13H10BrN5O/c14-10-5-3-9(4-6-10)13-16-18-19(17-13)8-12(20)11-2-1-7-15-11/h1-7,15H,8H2. The zero-order valence-corrected chi connectivity index (χ0v) is 11.9. The van der Waals surface area contributed by atoms with Crippen LogP contribution in [0, 0.1) is 0 Å². The van der Waals surface area contributed by atoms with Gasteiger partial charge in [0.15, 0.2) is 0 Å². The molecule has 1 aromatic carbocycles. The molecule has 0 aliphatic rings. The Kier molecular flexibility index (Phi) is 3.42. The van der Waals surface area contributed by atoms with E-state index in [-0.39, 0.29) is 12.3 Å². The van der Waals surface area contributed by atoms with Gasteiger partial charge in [0.2, 0.25) is 11.6 Å². The average molecular weight is 332 g/mol. The van der Waals surface area contributed by atoms with Crippen molar-refractivity contribution in [3.8, 4) is 11.4 Å². The van der Waals surface area contributed by atoms with Crippen LogP contribution in [0.3, 0.4) is 0 Å². The summed E-state index contributed by atoms with van der Waals surface area (Å²) in [6.45, 7) is 0.0596. The number of carbonyl (C=O) groups excluding carboxylic acids is 1. The van der Waals surface area contributed by atoms with E-state index in [0.717, 1.165) is 10.0 Å². The van der Waals surface area contributed by atoms with Crippen LogP contribution in [0.2, 0.25) is 0 Å². The number of ketones is 1. The van der Waals surface area contributed by atoms with Crippen molar-refractivity contribution in [3.63, 3.8) is 0 Å². The highest BCUT2D eigenvalue weighted by Crippen LogP contribution is 2.17. The van der Waals surface area contributed by atoms with E-state index >= 15 is 0 Å². The quantitative estimate of drug-likeness (QED) is 0.744. The number of rotatable bonds is 4. The molecule has 6 nitrogen and oxygen atoms in total. The fourth-order valence-electron chi connectivity index (χ4n) is 1.74. The molecule has 0 bridgehead atoms. The minimum Gasteiger partial charge on any atom is -0.359 e. The predicted octanol–water partition coefficient (Wildman–Crippen LogP) is 2.31. The van der Waals surface area contributed by atoms with Crippen molar-refractivity contribution in [2.24, 2.45) is 0 Å². The van der Waals surface area contributed by atoms with Gasteiger partial charge in [-0.15, -0.1) is 10.2 Å². The van der Waals surface area contributed by atoms with Crippen molar-refractivity contribution in [3.05, 3.63) is 52.8 Å². The maximum absolute atomic E-state index is 11.9. The van der Waals surface area contributed by atoms with Crippen LogP contribution >= 0.6 is 15.9 Å². The fraction of sp³-hybridized carbons (Fsp3) is 0.0769. The van der Waals surface area contributed by atoms with Crippen LogP contribution in [0.4, 0.5) is 0 Å². The van der Waals surface area contributed by atoms with Gasteiger partial charge in [0, 0.05) is 16.2 Å². The summed E-state index contributed by atoms with van der Waals surface area (Å²) in [6.07, 6.45) is 1.70. The first-order valence-corrected chi connectivity index (χ1v) is 6.72. The molecule has 0 spiro atoms. The van der Waals surface area contributed by atoms with Crippen molar-refractivity contribution in [1.82, 2.24) is 25.2 Å². The summed E-state index contributed by atoms with van der Waals surface area (Å²) >= 11 is 3.37. The second kappa shape index (κ2) is 5.38. The van der Waals surface area contributed by atoms with Crippen molar-refractivity contribution < 1.29 is 4.79 Å². The zero-order chi connectivity index (χ0) is 13.9. The molecular weight excluding hydrogens is 322 g/mol. The van der Waals surface area contributed by atoms with Gasteiger partial charge < -0.3 is 4.98 Å². The highest BCUT2D eigenvalue weighted by Gasteiger charge is 2.11. The molecule has 100 valence electrons. The second-order valence-corrected chi connectivity index (χ2v) is 5.07. The van der Waals surface area contributed by atoms with E-state index in [1.54, 1.807) is 18.3 Å². The number of hydrogen-bond acceptors (Lipinski definition) is 4. The molecule has 0 aliphatic heterocycles. The Labute approximate surface area is 122 Å². The maximum Gasteiger partial charge on any atom is 0.204 e. The molecule has 2 heterocycles. The number of aromatic amines is 1. The number of nitrogens with one attached hydrogen (secondary N) is 1. The van der Waals surface area contributed by atoms with Gasteiger partial charge in [0.05, 0.1) is 5.69 Å². The fourth-order valence-corrected chi connectivity index (χ4v) is 2.01. The molecule has 2 aromatic heterocycles. The lowest BCUT2D eigenvalue weighted by Crippen LogP contribution is -2.13. The third-order valence-electron chi connectivity index (χ3n) is 2.74. The lowest BCUT2D eigenvalue weighted by molar-refractivity contribution is 0.0957. The highest BCUT2D eigenvalue weighted by molar-refractivity contribution is 9.10. The second-order valence-electron chi connectivity index (χ2n) is 4.16. The largest absolute Gasteiger partial charge is 0.359 e. The van der Waals surface area contributed by atoms with Crippen LogP contribution < -0.4 is 0 Å². The number of carbonyl (C=O) groups is 1. The van der Waals surface area contributed by atoms with E-state index < -0.39 is 0 Å². The number of nitrogens with zero attached hydrogens (tertiary/aromatic N) is 4. The first kappa shape index (κ1) is 12.7. The Morgan fingerprint density at radius 1 is 1.25 bits per heavy atom. The van der Waals surface area contributed by atoms with Crippen LogP contribution in [0.25, 0.3) is 11.4 Å². The van der Waals surface area contributed by atoms with Gasteiger partial charge >= 0.3 is 0 Å². The number of aromatic nitrogens is 5. The third-order valence-corrected chi connectivity index (χ3v) is 3.27. The van der Waals surface area contributed by atoms with E-state index in [9.17, 15) is 4.79 Å². The number of benzene rings is 1. The molecule has 0 radical (unpaired) electrons. The normalized spacial score (nSPS) is 10.7. The van der Waals surface area contributed by atoms with Crippen molar-refractivity contribution >= 4 is 21.7 Å². The van der Waals surface area contributed by atoms with Crippen molar-refractivity contribution in [2.45, 2.75) is 6.54 Å². The lowest BCUT2D eigenvalue weighted by Gasteiger charge is -1.96. The smallest absolute Gasteiger partial charge is 0.204 e. The van der Waals surface area contributed by atoms with Gasteiger partial charge in [-0.3, -0.25) is 4.79 Å². The predicted molar refractivity (Wildman–Crippen MR) is 76.1 cm³/mol. The molecule has 20 heavy (non-hydrogen) atoms. The molecule has 1 N–H and O–H groups in total. The maximum atomic E-state index is 11.9. The van der Waals surface area contributed by atoms with Crippen LogP contribution in [-0.4, -0.2) is 31.0 Å². The van der Waals surface area contributed by atoms with E-state index in [1.165, 1.54) is 4.80 Å². The Bertz CT molecular complexity index is 718. The molecule has 3 aromatic rings. The number of halogens is 1. The molecule has 3 rings (SSSR count). The minimum absolute atomic E-state index is 0.0596. The van der Waals surface area contributed by atoms with Gasteiger partial charge in [0.1, 0.15) is 6.54 Å². The Hall–Kier alpha value is -2.28. The molecule has 0 unspecified atom stereocenters. The first-order valence-electron chi connectivity index (χ1n) is 5.93. The lowest BCUT2D eigenvalue weighted by atomic mass is 10.2. The number of tetrazole rings is 1. The molecule has 0 amide bonds. The molecular formula is C13H10BrN5O. The monoisotopic (exact) mass is 331 g/mol. The Balaban J connectivity index is 1.77. The van der Waals surface area contributed by atoms with Crippen LogP contribution in [0.15, 0.2) is 47.1 Å². The third kappa shape index (κ3) is 2.67. The summed E-state index contributed by atoms with van der Waals surface area (Å²) in [6, 6.07) is 11.1. The summed E-state index contributed by atoms with van der Waals surface area (Å²) in [5.74, 6) is 0.409. The van der Waals surface area contributed by atoms with Crippen molar-refractivity contribution in [2.75, 3.05) is 0 Å². The van der Waals surface area contributed by atoms with Gasteiger partial charge in [-0.05, 0) is 41.6 Å². The number of hydrogen-bond donors (Lipinski definition) is 1. The van der Waals surface area contributed by atoms with Gasteiger partial charge in [-0.2, -0.15) is 4.80 Å². The number of H-pyrrole nitrogens is 1. The molecule has 0 aliphatic carbocycles. The van der Waals surface area contributed by atoms with E-state index in [2.05, 4.69) is 36.3 Å². The Morgan fingerprint density at radius 3 is 2.75 bits per heavy atom. The Morgan fingerprint density at radius 2 is 2.05 bits per heavy atom. The van der Waals surface area contributed by atoms with Crippen LogP contribution in [0.1, 0.15) is 10.5 Å². The van der Waals surface area contributed by atoms with E-state index in [4.69, 9.17) is 0 Å². The van der Waals surface area contributed by atoms with Crippen molar-refractivity contribution in [1.29, 1.82) is 0 Å². The number of Topliss-reactive ketones (excluding diaryl/α,β-unsaturated/α-hetero) is 1. The zero-order valence-electron chi connectivity index (χ0n) is 10.3. The van der Waals surface area contributed by atoms with E-state index in [1.807, 2.05) is 24.3 Å². The van der Waals surface area contributed by atoms with Crippen LogP contribution in [-0.2, 0) is 6.54 Å². The molecule has 0 atom stereocenters. The van der Waals surface area contributed by atoms with Gasteiger partial charge in [0.25, 0.3) is 0 Å². The summed E-state index contributed by atoms with van der Waals surface area (Å²) in [7, 11) is 0. The van der Waals surface area contributed by atoms with Gasteiger partial charge in [-0.25, -0.2) is 0 Å². The summed E-state index contributed by atoms with van der Waals surface area (Å²) < 4.78 is 0.982. The average Bonchev–Trinajstić information content (AvgIpc) is 3.10. The summed E-state index contributed by atoms with van der Waals surface area (Å²) in [5.41, 5.74) is 1.39. The highest BCUT2D eigenvalue weighted by atomic mass is 79.9. The summed E-state index contributed by atoms with van der Waals surface area (Å²) in [5, 5.41) is 12.1. The minimum atomic E-state index is -0.0882. The SMILES string of the molecule is O=C(Cn1nnc(-c2ccc(Br)cc2)n1)c1ccc[nH]1. The molecule has 7 heteroatoms. The topological polar surface area (TPSA) is 76.5 Å². The summed E-state index contributed by atoms with van der Waals surface area (Å²) in [4.78, 5) is 16.0. The molecule has 0 saturated carbocycles. The van der Waals surface area contributed by atoms with Crippen LogP contribution in [0.5, 0.6) is 0 Å². The van der Waals surface area contributed by atoms with E-state index in [0.29, 0.717) is 11.5 Å². The van der Waals surface area contributed by atoms with Gasteiger partial charge in [-0.1, -0.05) is 15.9 Å². The molecule has 0 fully saturated rings.